The number of benzene rings is 1. The van der Waals surface area contributed by atoms with Crippen molar-refractivity contribution in [3.8, 4) is 5.75 Å². The van der Waals surface area contributed by atoms with Gasteiger partial charge < -0.3 is 19.9 Å². The molecule has 0 bridgehead atoms. The minimum Gasteiger partial charge on any atom is -0.467 e. The molecular formula is C14H22BrNO4Si. The highest BCUT2D eigenvalue weighted by Gasteiger charge is 2.15. The van der Waals surface area contributed by atoms with Crippen LogP contribution in [0.5, 0.6) is 5.75 Å². The van der Waals surface area contributed by atoms with Crippen LogP contribution in [0, 0.1) is 0 Å². The fourth-order valence-electron chi connectivity index (χ4n) is 1.51. The summed E-state index contributed by atoms with van der Waals surface area (Å²) < 4.78 is 16.1. The molecule has 0 saturated carbocycles. The average Bonchev–Trinajstić information content (AvgIpc) is 2.40. The van der Waals surface area contributed by atoms with Crippen LogP contribution in [-0.2, 0) is 9.47 Å². The van der Waals surface area contributed by atoms with E-state index in [1.54, 1.807) is 12.1 Å². The highest BCUT2D eigenvalue weighted by molar-refractivity contribution is 9.10. The van der Waals surface area contributed by atoms with Crippen molar-refractivity contribution < 1.29 is 19.0 Å². The number of carbonyl (C=O) groups is 1. The van der Waals surface area contributed by atoms with Gasteiger partial charge in [0.15, 0.2) is 6.79 Å². The first kappa shape index (κ1) is 18.0. The van der Waals surface area contributed by atoms with Crippen molar-refractivity contribution in [2.75, 3.05) is 26.2 Å². The maximum absolute atomic E-state index is 11.6. The molecule has 0 heterocycles. The Morgan fingerprint density at radius 2 is 2.00 bits per heavy atom. The van der Waals surface area contributed by atoms with Crippen LogP contribution in [0.1, 0.15) is 10.4 Å². The Morgan fingerprint density at radius 3 is 2.57 bits per heavy atom. The molecular weight excluding hydrogens is 354 g/mol. The molecule has 0 fully saturated rings. The first-order valence-electron chi connectivity index (χ1n) is 6.62. The van der Waals surface area contributed by atoms with Crippen molar-refractivity contribution in [3.63, 3.8) is 0 Å². The quantitative estimate of drug-likeness (QED) is 0.259. The zero-order chi connectivity index (χ0) is 16.0. The molecule has 5 nitrogen and oxygen atoms in total. The summed E-state index contributed by atoms with van der Waals surface area (Å²) in [4.78, 5) is 11.6. The topological polar surface area (TPSA) is 70.8 Å². The molecule has 0 amide bonds. The lowest BCUT2D eigenvalue weighted by molar-refractivity contribution is 0.0219. The predicted octanol–water partition coefficient (Wildman–Crippen LogP) is 3.51. The zero-order valence-electron chi connectivity index (χ0n) is 12.9. The normalized spacial score (nSPS) is 11.3. The Morgan fingerprint density at radius 1 is 1.33 bits per heavy atom. The number of halogens is 1. The highest BCUT2D eigenvalue weighted by Crippen LogP contribution is 2.30. The van der Waals surface area contributed by atoms with Crippen molar-refractivity contribution in [3.05, 3.63) is 22.2 Å². The van der Waals surface area contributed by atoms with Gasteiger partial charge >= 0.3 is 5.97 Å². The van der Waals surface area contributed by atoms with Crippen molar-refractivity contribution >= 4 is 35.7 Å². The number of anilines is 1. The second kappa shape index (κ2) is 7.81. The van der Waals surface area contributed by atoms with E-state index in [-0.39, 0.29) is 6.79 Å². The molecule has 21 heavy (non-hydrogen) atoms. The van der Waals surface area contributed by atoms with Gasteiger partial charge in [-0.3, -0.25) is 0 Å². The molecule has 7 heteroatoms. The predicted molar refractivity (Wildman–Crippen MR) is 89.5 cm³/mol. The van der Waals surface area contributed by atoms with Gasteiger partial charge in [0.1, 0.15) is 5.75 Å². The second-order valence-corrected chi connectivity index (χ2v) is 12.3. The number of hydrogen-bond donors (Lipinski definition) is 1. The number of esters is 1. The molecule has 1 rings (SSSR count). The van der Waals surface area contributed by atoms with Crippen LogP contribution >= 0.6 is 15.9 Å². The third kappa shape index (κ3) is 6.07. The lowest BCUT2D eigenvalue weighted by Gasteiger charge is -2.16. The molecule has 0 spiro atoms. The molecule has 0 aliphatic heterocycles. The van der Waals surface area contributed by atoms with Gasteiger partial charge in [0.05, 0.1) is 22.8 Å². The minimum absolute atomic E-state index is 0.131. The van der Waals surface area contributed by atoms with Gasteiger partial charge in [-0.25, -0.2) is 4.79 Å². The smallest absolute Gasteiger partial charge is 0.339 e. The lowest BCUT2D eigenvalue weighted by Crippen LogP contribution is -2.22. The summed E-state index contributed by atoms with van der Waals surface area (Å²) in [5, 5.41) is 0. The molecule has 1 aromatic rings. The van der Waals surface area contributed by atoms with Crippen LogP contribution in [0.15, 0.2) is 16.6 Å². The van der Waals surface area contributed by atoms with E-state index in [1.165, 1.54) is 7.11 Å². The zero-order valence-corrected chi connectivity index (χ0v) is 15.5. The van der Waals surface area contributed by atoms with E-state index >= 15 is 0 Å². The lowest BCUT2D eigenvalue weighted by atomic mass is 10.2. The Hall–Kier alpha value is -1.05. The summed E-state index contributed by atoms with van der Waals surface area (Å²) in [5.74, 6) is 0.00257. The number of nitrogen functional groups attached to an aromatic ring is 1. The highest BCUT2D eigenvalue weighted by atomic mass is 79.9. The Bertz CT molecular complexity index is 502. The summed E-state index contributed by atoms with van der Waals surface area (Å²) in [6.45, 7) is 7.66. The van der Waals surface area contributed by atoms with Gasteiger partial charge in [0.25, 0.3) is 0 Å². The van der Waals surface area contributed by atoms with Gasteiger partial charge in [-0.2, -0.15) is 0 Å². The third-order valence-corrected chi connectivity index (χ3v) is 5.37. The number of nitrogens with two attached hydrogens (primary N) is 1. The SMILES string of the molecule is COC(=O)c1cc(OCOCC[Si](C)(C)C)cc(N)c1Br. The number of ether oxygens (including phenoxy) is 3. The van der Waals surface area contributed by atoms with Crippen LogP contribution in [0.3, 0.4) is 0 Å². The van der Waals surface area contributed by atoms with Gasteiger partial charge in [-0.15, -0.1) is 0 Å². The van der Waals surface area contributed by atoms with Crippen LogP contribution in [0.2, 0.25) is 25.7 Å². The van der Waals surface area contributed by atoms with Crippen molar-refractivity contribution in [2.24, 2.45) is 0 Å². The largest absolute Gasteiger partial charge is 0.467 e. The van der Waals surface area contributed by atoms with E-state index < -0.39 is 14.0 Å². The summed E-state index contributed by atoms with van der Waals surface area (Å²) >= 11 is 3.26. The van der Waals surface area contributed by atoms with Crippen LogP contribution in [0.25, 0.3) is 0 Å². The standard InChI is InChI=1S/C14H22BrNO4Si/c1-18-14(17)11-7-10(8-12(16)13(11)15)20-9-19-5-6-21(2,3)4/h7-8H,5-6,9,16H2,1-4H3. The van der Waals surface area contributed by atoms with E-state index in [2.05, 4.69) is 35.6 Å². The van der Waals surface area contributed by atoms with E-state index in [0.717, 1.165) is 6.04 Å². The van der Waals surface area contributed by atoms with Crippen molar-refractivity contribution in [1.29, 1.82) is 0 Å². The first-order valence-corrected chi connectivity index (χ1v) is 11.1. The maximum Gasteiger partial charge on any atom is 0.339 e. The monoisotopic (exact) mass is 375 g/mol. The molecule has 0 saturated heterocycles. The minimum atomic E-state index is -1.10. The van der Waals surface area contributed by atoms with Crippen LogP contribution < -0.4 is 10.5 Å². The van der Waals surface area contributed by atoms with E-state index in [1.807, 2.05) is 0 Å². The number of carbonyl (C=O) groups excluding carboxylic acids is 1. The van der Waals surface area contributed by atoms with Gasteiger partial charge in [0, 0.05) is 20.7 Å². The van der Waals surface area contributed by atoms with Crippen LogP contribution in [-0.4, -0.2) is 34.6 Å². The van der Waals surface area contributed by atoms with Gasteiger partial charge in [-0.05, 0) is 28.0 Å². The molecule has 0 unspecified atom stereocenters. The maximum atomic E-state index is 11.6. The Kier molecular flexibility index (Phi) is 6.70. The fourth-order valence-corrected chi connectivity index (χ4v) is 2.66. The summed E-state index contributed by atoms with van der Waals surface area (Å²) in [6, 6.07) is 4.29. The Balaban J connectivity index is 2.60. The van der Waals surface area contributed by atoms with Crippen molar-refractivity contribution in [2.45, 2.75) is 25.7 Å². The summed E-state index contributed by atoms with van der Waals surface area (Å²) in [6.07, 6.45) is 0. The molecule has 2 N–H and O–H groups in total. The number of hydrogen-bond acceptors (Lipinski definition) is 5. The fraction of sp³-hybridized carbons (Fsp3) is 0.500. The summed E-state index contributed by atoms with van der Waals surface area (Å²) in [5.41, 5.74) is 6.57. The molecule has 1 aromatic carbocycles. The van der Waals surface area contributed by atoms with Crippen LogP contribution in [0.4, 0.5) is 5.69 Å². The van der Waals surface area contributed by atoms with E-state index in [9.17, 15) is 4.79 Å². The average molecular weight is 376 g/mol. The van der Waals surface area contributed by atoms with E-state index in [0.29, 0.717) is 28.1 Å². The second-order valence-electron chi connectivity index (χ2n) is 5.85. The Labute approximate surface area is 134 Å². The first-order chi connectivity index (χ1) is 9.74. The van der Waals surface area contributed by atoms with E-state index in [4.69, 9.17) is 19.9 Å². The molecule has 118 valence electrons. The molecule has 0 aliphatic rings. The third-order valence-electron chi connectivity index (χ3n) is 2.78. The molecule has 0 aliphatic carbocycles. The van der Waals surface area contributed by atoms with Crippen molar-refractivity contribution in [1.82, 2.24) is 0 Å². The number of rotatable bonds is 7. The molecule has 0 aromatic heterocycles. The van der Waals surface area contributed by atoms with Gasteiger partial charge in [0.2, 0.25) is 0 Å². The number of methoxy groups -OCH3 is 1. The van der Waals surface area contributed by atoms with Gasteiger partial charge in [-0.1, -0.05) is 19.6 Å². The summed E-state index contributed by atoms with van der Waals surface area (Å²) in [7, 11) is 0.218. The molecule has 0 radical (unpaired) electrons. The molecule has 0 atom stereocenters.